The summed E-state index contributed by atoms with van der Waals surface area (Å²) in [6.07, 6.45) is 10.3. The Morgan fingerprint density at radius 2 is 1.78 bits per heavy atom. The lowest BCUT2D eigenvalue weighted by Gasteiger charge is -2.38. The van der Waals surface area contributed by atoms with Gasteiger partial charge in [-0.2, -0.15) is 0 Å². The molecule has 0 aromatic heterocycles. The summed E-state index contributed by atoms with van der Waals surface area (Å²) in [5, 5.41) is 0. The smallest absolute Gasteiger partial charge is 0.222 e. The van der Waals surface area contributed by atoms with Crippen molar-refractivity contribution in [2.24, 2.45) is 17.6 Å². The number of hydrogen-bond acceptors (Lipinski definition) is 3. The summed E-state index contributed by atoms with van der Waals surface area (Å²) in [5.41, 5.74) is 5.51. The van der Waals surface area contributed by atoms with E-state index in [4.69, 9.17) is 5.73 Å². The molecule has 1 atom stereocenters. The lowest BCUT2D eigenvalue weighted by molar-refractivity contribution is -0.133. The third kappa shape index (κ3) is 6.80. The van der Waals surface area contributed by atoms with Crippen LogP contribution in [0.4, 0.5) is 0 Å². The van der Waals surface area contributed by atoms with E-state index in [2.05, 4.69) is 16.7 Å². The number of hydrogen-bond donors (Lipinski definition) is 1. The number of amides is 1. The van der Waals surface area contributed by atoms with Crippen LogP contribution in [0.5, 0.6) is 0 Å². The molecular weight excluding hydrogens is 286 g/mol. The van der Waals surface area contributed by atoms with Gasteiger partial charge in [-0.3, -0.25) is 4.79 Å². The third-order valence-electron chi connectivity index (χ3n) is 5.61. The topological polar surface area (TPSA) is 49.6 Å². The molecule has 2 saturated heterocycles. The number of rotatable bonds is 8. The highest BCUT2D eigenvalue weighted by Crippen LogP contribution is 2.22. The number of unbranched alkanes of at least 4 members (excludes halogenated alkanes) is 3. The van der Waals surface area contributed by atoms with Crippen LogP contribution in [0.2, 0.25) is 0 Å². The molecule has 1 unspecified atom stereocenters. The molecule has 4 nitrogen and oxygen atoms in total. The molecule has 0 radical (unpaired) electrons. The van der Waals surface area contributed by atoms with Crippen LogP contribution in [0, 0.1) is 11.8 Å². The van der Waals surface area contributed by atoms with E-state index in [-0.39, 0.29) is 0 Å². The van der Waals surface area contributed by atoms with Gasteiger partial charge in [0.2, 0.25) is 5.91 Å². The fourth-order valence-corrected chi connectivity index (χ4v) is 3.98. The molecule has 23 heavy (non-hydrogen) atoms. The average molecular weight is 324 g/mol. The van der Waals surface area contributed by atoms with E-state index in [1.54, 1.807) is 0 Å². The van der Waals surface area contributed by atoms with Crippen LogP contribution in [0.15, 0.2) is 0 Å². The average Bonchev–Trinajstić information content (AvgIpc) is 2.57. The zero-order chi connectivity index (χ0) is 16.5. The molecule has 0 aromatic carbocycles. The zero-order valence-corrected chi connectivity index (χ0v) is 15.1. The van der Waals surface area contributed by atoms with Crippen LogP contribution in [0.3, 0.4) is 0 Å². The van der Waals surface area contributed by atoms with E-state index in [1.807, 2.05) is 0 Å². The Labute approximate surface area is 142 Å². The molecule has 0 saturated carbocycles. The fraction of sp³-hybridized carbons (Fsp3) is 0.947. The minimum atomic E-state index is 0.384. The SMILES string of the molecule is CC1CCN(CC2CCCN(C(=O)CCCCCCN)C2)CC1. The van der Waals surface area contributed by atoms with Crippen molar-refractivity contribution in [3.05, 3.63) is 0 Å². The van der Waals surface area contributed by atoms with E-state index < -0.39 is 0 Å². The first-order chi connectivity index (χ1) is 11.2. The molecule has 4 heteroatoms. The quantitative estimate of drug-likeness (QED) is 0.699. The van der Waals surface area contributed by atoms with Gasteiger partial charge in [0.25, 0.3) is 0 Å². The first-order valence-corrected chi connectivity index (χ1v) is 9.89. The molecule has 0 spiro atoms. The Balaban J connectivity index is 1.65. The molecule has 2 aliphatic rings. The van der Waals surface area contributed by atoms with Gasteiger partial charge in [-0.05, 0) is 70.0 Å². The number of likely N-dealkylation sites (tertiary alicyclic amines) is 2. The molecule has 0 aliphatic carbocycles. The van der Waals surface area contributed by atoms with Crippen LogP contribution in [-0.2, 0) is 4.79 Å². The predicted octanol–water partition coefficient (Wildman–Crippen LogP) is 2.87. The first-order valence-electron chi connectivity index (χ1n) is 9.89. The summed E-state index contributed by atoms with van der Waals surface area (Å²) in [6, 6.07) is 0. The minimum absolute atomic E-state index is 0.384. The van der Waals surface area contributed by atoms with Crippen molar-refractivity contribution < 1.29 is 4.79 Å². The van der Waals surface area contributed by atoms with E-state index in [9.17, 15) is 4.79 Å². The molecular formula is C19H37N3O. The van der Waals surface area contributed by atoms with Gasteiger partial charge in [0.05, 0.1) is 0 Å². The van der Waals surface area contributed by atoms with Gasteiger partial charge >= 0.3 is 0 Å². The highest BCUT2D eigenvalue weighted by molar-refractivity contribution is 5.76. The number of carbonyl (C=O) groups excluding carboxylic acids is 1. The number of carbonyl (C=O) groups is 1. The van der Waals surface area contributed by atoms with E-state index >= 15 is 0 Å². The molecule has 2 fully saturated rings. The molecule has 2 rings (SSSR count). The molecule has 2 heterocycles. The molecule has 1 amide bonds. The standard InChI is InChI=1S/C19H37N3O/c1-17-9-13-21(14-10-17)15-18-7-6-12-22(16-18)19(23)8-4-2-3-5-11-20/h17-18H,2-16,20H2,1H3. The zero-order valence-electron chi connectivity index (χ0n) is 15.1. The normalized spacial score (nSPS) is 24.1. The Morgan fingerprint density at radius 3 is 2.52 bits per heavy atom. The Bertz CT molecular complexity index is 340. The first kappa shape index (κ1) is 18.7. The van der Waals surface area contributed by atoms with Crippen LogP contribution in [0.1, 0.15) is 64.7 Å². The van der Waals surface area contributed by atoms with Crippen LogP contribution >= 0.6 is 0 Å². The van der Waals surface area contributed by atoms with Crippen LogP contribution in [0.25, 0.3) is 0 Å². The largest absolute Gasteiger partial charge is 0.342 e. The molecule has 0 aromatic rings. The van der Waals surface area contributed by atoms with Gasteiger partial charge in [-0.15, -0.1) is 0 Å². The van der Waals surface area contributed by atoms with Crippen LogP contribution < -0.4 is 5.73 Å². The van der Waals surface area contributed by atoms with E-state index in [0.717, 1.165) is 51.2 Å². The molecule has 134 valence electrons. The van der Waals surface area contributed by atoms with Crippen molar-refractivity contribution in [2.45, 2.75) is 64.7 Å². The number of piperidine rings is 2. The summed E-state index contributed by atoms with van der Waals surface area (Å²) in [4.78, 5) is 17.2. The second-order valence-corrected chi connectivity index (χ2v) is 7.78. The van der Waals surface area contributed by atoms with Gasteiger partial charge in [-0.25, -0.2) is 0 Å². The number of nitrogens with two attached hydrogens (primary N) is 1. The lowest BCUT2D eigenvalue weighted by atomic mass is 9.94. The van der Waals surface area contributed by atoms with Crippen molar-refractivity contribution in [3.8, 4) is 0 Å². The Kier molecular flexibility index (Phi) is 8.38. The maximum absolute atomic E-state index is 12.4. The summed E-state index contributed by atoms with van der Waals surface area (Å²) >= 11 is 0. The lowest BCUT2D eigenvalue weighted by Crippen LogP contribution is -2.45. The minimum Gasteiger partial charge on any atom is -0.342 e. The van der Waals surface area contributed by atoms with Crippen molar-refractivity contribution in [1.29, 1.82) is 0 Å². The van der Waals surface area contributed by atoms with Gasteiger partial charge in [-0.1, -0.05) is 19.8 Å². The maximum Gasteiger partial charge on any atom is 0.222 e. The highest BCUT2D eigenvalue weighted by atomic mass is 16.2. The summed E-state index contributed by atoms with van der Waals surface area (Å²) in [5.74, 6) is 1.98. The van der Waals surface area contributed by atoms with Gasteiger partial charge in [0.1, 0.15) is 0 Å². The predicted molar refractivity (Wildman–Crippen MR) is 96.3 cm³/mol. The summed E-state index contributed by atoms with van der Waals surface area (Å²) < 4.78 is 0. The molecule has 2 aliphatic heterocycles. The maximum atomic E-state index is 12.4. The summed E-state index contributed by atoms with van der Waals surface area (Å²) in [7, 11) is 0. The number of nitrogens with zero attached hydrogens (tertiary/aromatic N) is 2. The monoisotopic (exact) mass is 323 g/mol. The summed E-state index contributed by atoms with van der Waals surface area (Å²) in [6.45, 7) is 8.83. The highest BCUT2D eigenvalue weighted by Gasteiger charge is 2.26. The van der Waals surface area contributed by atoms with Crippen molar-refractivity contribution in [1.82, 2.24) is 9.80 Å². The van der Waals surface area contributed by atoms with Crippen LogP contribution in [-0.4, -0.2) is 55.0 Å². The molecule has 2 N–H and O–H groups in total. The Hall–Kier alpha value is -0.610. The van der Waals surface area contributed by atoms with Crippen molar-refractivity contribution >= 4 is 5.91 Å². The fourth-order valence-electron chi connectivity index (χ4n) is 3.98. The van der Waals surface area contributed by atoms with Gasteiger partial charge < -0.3 is 15.5 Å². The Morgan fingerprint density at radius 1 is 1.04 bits per heavy atom. The van der Waals surface area contributed by atoms with Gasteiger partial charge in [0, 0.05) is 26.1 Å². The second-order valence-electron chi connectivity index (χ2n) is 7.78. The van der Waals surface area contributed by atoms with E-state index in [1.165, 1.54) is 51.7 Å². The van der Waals surface area contributed by atoms with Crippen molar-refractivity contribution in [2.75, 3.05) is 39.3 Å². The second kappa shape index (κ2) is 10.3. The van der Waals surface area contributed by atoms with E-state index in [0.29, 0.717) is 11.8 Å². The van der Waals surface area contributed by atoms with Gasteiger partial charge in [0.15, 0.2) is 0 Å². The third-order valence-corrected chi connectivity index (χ3v) is 5.61. The van der Waals surface area contributed by atoms with Crippen molar-refractivity contribution in [3.63, 3.8) is 0 Å². The molecule has 0 bridgehead atoms.